The lowest BCUT2D eigenvalue weighted by molar-refractivity contribution is 0.0282. The standard InChI is InChI=1S/C11H10F2I2O4S/c1-6(2)7-3-4-8(14)10(9(7)15)19-5-11(12,13)20(16,17)18/h3-4H,1,5H2,2H3,(H,16,17,18). The van der Waals surface area contributed by atoms with Crippen molar-refractivity contribution in [1.82, 2.24) is 0 Å². The Kier molecular flexibility index (Phi) is 5.77. The van der Waals surface area contributed by atoms with Gasteiger partial charge in [0, 0.05) is 0 Å². The van der Waals surface area contributed by atoms with Gasteiger partial charge >= 0.3 is 15.4 Å². The molecule has 20 heavy (non-hydrogen) atoms. The number of ether oxygens (including phenoxy) is 1. The Morgan fingerprint density at radius 1 is 1.45 bits per heavy atom. The molecule has 0 fully saturated rings. The highest BCUT2D eigenvalue weighted by atomic mass is 127. The number of alkyl halides is 2. The lowest BCUT2D eigenvalue weighted by Gasteiger charge is -2.17. The van der Waals surface area contributed by atoms with E-state index in [0.717, 1.165) is 11.1 Å². The van der Waals surface area contributed by atoms with Gasteiger partial charge in [0.25, 0.3) is 0 Å². The summed E-state index contributed by atoms with van der Waals surface area (Å²) in [6.45, 7) is 4.05. The Morgan fingerprint density at radius 2 is 2.00 bits per heavy atom. The van der Waals surface area contributed by atoms with E-state index in [0.29, 0.717) is 7.14 Å². The molecule has 1 N–H and O–H groups in total. The summed E-state index contributed by atoms with van der Waals surface area (Å²) in [7, 11) is -5.51. The predicted octanol–water partition coefficient (Wildman–Crippen LogP) is 3.79. The quantitative estimate of drug-likeness (QED) is 0.466. The van der Waals surface area contributed by atoms with Crippen molar-refractivity contribution in [2.45, 2.75) is 12.2 Å². The van der Waals surface area contributed by atoms with Crippen LogP contribution in [0.2, 0.25) is 0 Å². The van der Waals surface area contributed by atoms with Gasteiger partial charge in [0.1, 0.15) is 5.75 Å². The van der Waals surface area contributed by atoms with E-state index in [9.17, 15) is 17.2 Å². The van der Waals surface area contributed by atoms with E-state index in [2.05, 4.69) is 6.58 Å². The zero-order valence-corrected chi connectivity index (χ0v) is 15.3. The highest BCUT2D eigenvalue weighted by molar-refractivity contribution is 14.1. The molecule has 1 aromatic rings. The first-order valence-corrected chi connectivity index (χ1v) is 8.68. The molecule has 0 aliphatic carbocycles. The average Bonchev–Trinajstić information content (AvgIpc) is 2.26. The van der Waals surface area contributed by atoms with Crippen molar-refractivity contribution in [3.63, 3.8) is 0 Å². The van der Waals surface area contributed by atoms with Crippen LogP contribution < -0.4 is 4.74 Å². The summed E-state index contributed by atoms with van der Waals surface area (Å²) in [6, 6.07) is 3.41. The van der Waals surface area contributed by atoms with Crippen LogP contribution >= 0.6 is 45.2 Å². The van der Waals surface area contributed by atoms with Crippen LogP contribution in [0.3, 0.4) is 0 Å². The lowest BCUT2D eigenvalue weighted by atomic mass is 10.1. The lowest BCUT2D eigenvalue weighted by Crippen LogP contribution is -2.35. The maximum absolute atomic E-state index is 13.2. The van der Waals surface area contributed by atoms with Gasteiger partial charge in [-0.15, -0.1) is 0 Å². The van der Waals surface area contributed by atoms with Crippen LogP contribution in [0.25, 0.3) is 5.57 Å². The van der Waals surface area contributed by atoms with Gasteiger partial charge in [-0.3, -0.25) is 4.55 Å². The summed E-state index contributed by atoms with van der Waals surface area (Å²) >= 11 is 3.79. The molecule has 0 saturated heterocycles. The third kappa shape index (κ3) is 4.01. The largest absolute Gasteiger partial charge is 0.484 e. The average molecular weight is 530 g/mol. The molecule has 0 unspecified atom stereocenters. The molecule has 1 rings (SSSR count). The number of hydrogen-bond donors (Lipinski definition) is 1. The van der Waals surface area contributed by atoms with Gasteiger partial charge in [-0.2, -0.15) is 17.2 Å². The summed E-state index contributed by atoms with van der Waals surface area (Å²) in [5.41, 5.74) is 1.44. The van der Waals surface area contributed by atoms with Crippen molar-refractivity contribution in [1.29, 1.82) is 0 Å². The number of halogens is 4. The summed E-state index contributed by atoms with van der Waals surface area (Å²) in [4.78, 5) is 0. The van der Waals surface area contributed by atoms with Crippen molar-refractivity contribution >= 4 is 60.9 Å². The minimum absolute atomic E-state index is 0.134. The van der Waals surface area contributed by atoms with E-state index >= 15 is 0 Å². The fourth-order valence-electron chi connectivity index (χ4n) is 1.23. The first-order valence-electron chi connectivity index (χ1n) is 5.09. The number of rotatable bonds is 5. The van der Waals surface area contributed by atoms with Crippen LogP contribution in [-0.2, 0) is 10.1 Å². The number of allylic oxidation sites excluding steroid dienone is 1. The van der Waals surface area contributed by atoms with E-state index in [1.807, 2.05) is 45.2 Å². The van der Waals surface area contributed by atoms with Gasteiger partial charge in [-0.05, 0) is 69.3 Å². The molecule has 0 bridgehead atoms. The van der Waals surface area contributed by atoms with Crippen LogP contribution in [0.4, 0.5) is 8.78 Å². The van der Waals surface area contributed by atoms with Crippen molar-refractivity contribution in [2.75, 3.05) is 6.61 Å². The zero-order valence-electron chi connectivity index (χ0n) is 10.2. The molecule has 1 aromatic carbocycles. The molecular formula is C11H10F2I2O4S. The molecule has 0 aliphatic heterocycles. The minimum Gasteiger partial charge on any atom is -0.484 e. The molecule has 0 radical (unpaired) electrons. The van der Waals surface area contributed by atoms with E-state index in [-0.39, 0.29) is 5.75 Å². The monoisotopic (exact) mass is 530 g/mol. The molecule has 4 nitrogen and oxygen atoms in total. The molecule has 0 spiro atoms. The second-order valence-corrected chi connectivity index (χ2v) is 7.71. The Balaban J connectivity index is 3.11. The van der Waals surface area contributed by atoms with Crippen LogP contribution in [0, 0.1) is 7.14 Å². The SMILES string of the molecule is C=C(C)c1ccc(I)c(OCC(F)(F)S(=O)(=O)O)c1I. The maximum Gasteiger partial charge on any atom is 0.402 e. The van der Waals surface area contributed by atoms with Crippen LogP contribution in [0.15, 0.2) is 18.7 Å². The van der Waals surface area contributed by atoms with Gasteiger partial charge in [0.05, 0.1) is 7.14 Å². The van der Waals surface area contributed by atoms with E-state index in [4.69, 9.17) is 9.29 Å². The summed E-state index contributed by atoms with van der Waals surface area (Å²) < 4.78 is 61.8. The summed E-state index contributed by atoms with van der Waals surface area (Å²) in [6.07, 6.45) is 0. The fraction of sp³-hybridized carbons (Fsp3) is 0.273. The normalized spacial score (nSPS) is 12.3. The highest BCUT2D eigenvalue weighted by Crippen LogP contribution is 2.34. The molecule has 0 atom stereocenters. The third-order valence-electron chi connectivity index (χ3n) is 2.27. The topological polar surface area (TPSA) is 63.6 Å². The van der Waals surface area contributed by atoms with Crippen molar-refractivity contribution in [3.8, 4) is 5.75 Å². The van der Waals surface area contributed by atoms with Crippen molar-refractivity contribution in [3.05, 3.63) is 31.4 Å². The van der Waals surface area contributed by atoms with Gasteiger partial charge in [-0.1, -0.05) is 12.6 Å². The van der Waals surface area contributed by atoms with E-state index in [1.165, 1.54) is 0 Å². The second-order valence-electron chi connectivity index (χ2n) is 3.92. The Labute approximate surface area is 142 Å². The number of benzene rings is 1. The molecule has 0 heterocycles. The van der Waals surface area contributed by atoms with Crippen LogP contribution in [0.5, 0.6) is 5.75 Å². The van der Waals surface area contributed by atoms with Crippen molar-refractivity contribution in [2.24, 2.45) is 0 Å². The predicted molar refractivity (Wildman–Crippen MR) is 88.6 cm³/mol. The molecule has 0 aliphatic rings. The van der Waals surface area contributed by atoms with Crippen LogP contribution in [0.1, 0.15) is 12.5 Å². The smallest absolute Gasteiger partial charge is 0.402 e. The van der Waals surface area contributed by atoms with Gasteiger partial charge in [0.15, 0.2) is 6.61 Å². The zero-order chi connectivity index (χ0) is 15.7. The minimum atomic E-state index is -5.51. The summed E-state index contributed by atoms with van der Waals surface area (Å²) in [5, 5.41) is -4.36. The summed E-state index contributed by atoms with van der Waals surface area (Å²) in [5.74, 6) is 0.134. The van der Waals surface area contributed by atoms with E-state index in [1.54, 1.807) is 19.1 Å². The molecule has 0 saturated carbocycles. The van der Waals surface area contributed by atoms with Gasteiger partial charge in [0.2, 0.25) is 0 Å². The number of hydrogen-bond acceptors (Lipinski definition) is 3. The van der Waals surface area contributed by atoms with E-state index < -0.39 is 22.0 Å². The molecular weight excluding hydrogens is 520 g/mol. The first kappa shape index (κ1) is 18.0. The van der Waals surface area contributed by atoms with Crippen molar-refractivity contribution < 1.29 is 26.5 Å². The Hall–Kier alpha value is -0.0100. The maximum atomic E-state index is 13.2. The van der Waals surface area contributed by atoms with Gasteiger partial charge < -0.3 is 4.74 Å². The molecule has 0 aromatic heterocycles. The Bertz CT molecular complexity index is 644. The van der Waals surface area contributed by atoms with Crippen LogP contribution in [-0.4, -0.2) is 24.8 Å². The highest BCUT2D eigenvalue weighted by Gasteiger charge is 2.45. The third-order valence-corrected chi connectivity index (χ3v) is 5.06. The first-order chi connectivity index (χ1) is 8.97. The second kappa shape index (κ2) is 6.40. The molecule has 0 amide bonds. The Morgan fingerprint density at radius 3 is 2.45 bits per heavy atom. The molecule has 112 valence electrons. The van der Waals surface area contributed by atoms with Gasteiger partial charge in [-0.25, -0.2) is 0 Å². The fourth-order valence-corrected chi connectivity index (χ4v) is 3.64. The molecule has 9 heteroatoms.